The van der Waals surface area contributed by atoms with Gasteiger partial charge in [-0.2, -0.15) is 0 Å². The van der Waals surface area contributed by atoms with Gasteiger partial charge in [0.2, 0.25) is 11.8 Å². The van der Waals surface area contributed by atoms with Crippen molar-refractivity contribution in [2.75, 3.05) is 21.1 Å². The molecule has 2 aromatic rings. The van der Waals surface area contributed by atoms with Crippen molar-refractivity contribution in [2.45, 2.75) is 12.8 Å². The van der Waals surface area contributed by atoms with Gasteiger partial charge in [0.15, 0.2) is 0 Å². The number of fused-ring (bicyclic) bond motifs is 2. The maximum absolute atomic E-state index is 13.1. The van der Waals surface area contributed by atoms with E-state index in [0.717, 1.165) is 12.8 Å². The molecule has 10 heteroatoms. The number of anilines is 4. The molecule has 0 aromatic heterocycles. The highest BCUT2D eigenvalue weighted by Crippen LogP contribution is 2.45. The second-order valence-electron chi connectivity index (χ2n) is 7.96. The number of benzene rings is 2. The van der Waals surface area contributed by atoms with Gasteiger partial charge >= 0.3 is 0 Å². The maximum atomic E-state index is 13.1. The molecule has 0 heterocycles. The number of carbonyl (C=O) groups is 2. The Kier molecular flexibility index (Phi) is 6.10. The average Bonchev–Trinajstić information content (AvgIpc) is 2.79. The lowest BCUT2D eigenvalue weighted by Gasteiger charge is -2.43. The molecule has 10 nitrogen and oxygen atoms in total. The summed E-state index contributed by atoms with van der Waals surface area (Å²) in [7, 11) is 0. The van der Waals surface area contributed by atoms with E-state index >= 15 is 0 Å². The Morgan fingerprint density at radius 3 is 1.34 bits per heavy atom. The van der Waals surface area contributed by atoms with E-state index in [1.165, 1.54) is 48.5 Å². The van der Waals surface area contributed by atoms with Crippen molar-refractivity contribution in [3.05, 3.63) is 71.1 Å². The predicted molar refractivity (Wildman–Crippen MR) is 118 cm³/mol. The van der Waals surface area contributed by atoms with Crippen LogP contribution in [0.4, 0.5) is 22.7 Å². The number of carbonyl (C=O) groups excluding carboxylic acids is 2. The molecule has 4 atom stereocenters. The second kappa shape index (κ2) is 8.97. The van der Waals surface area contributed by atoms with E-state index < -0.39 is 11.8 Å². The number of hydrogen-bond acceptors (Lipinski definition) is 8. The van der Waals surface area contributed by atoms with Gasteiger partial charge in [0, 0.05) is 11.4 Å². The van der Waals surface area contributed by atoms with Crippen LogP contribution in [0.1, 0.15) is 12.8 Å². The van der Waals surface area contributed by atoms with E-state index in [2.05, 4.69) is 10.6 Å². The van der Waals surface area contributed by atoms with E-state index in [-0.39, 0.29) is 45.5 Å². The monoisotopic (exact) mass is 438 g/mol. The molecule has 3 aliphatic carbocycles. The van der Waals surface area contributed by atoms with Crippen molar-refractivity contribution in [1.82, 2.24) is 0 Å². The zero-order valence-corrected chi connectivity index (χ0v) is 16.9. The Labute approximate surface area is 183 Å². The molecule has 0 unspecified atom stereocenters. The predicted octanol–water partition coefficient (Wildman–Crippen LogP) is 3.48. The van der Waals surface area contributed by atoms with E-state index in [1.807, 2.05) is 12.2 Å². The number of nitrogens with zero attached hydrogens (tertiary/aromatic N) is 2. The first-order chi connectivity index (χ1) is 15.3. The Morgan fingerprint density at radius 2 is 1.06 bits per heavy atom. The van der Waals surface area contributed by atoms with Gasteiger partial charge in [-0.25, -0.2) is 0 Å². The van der Waals surface area contributed by atoms with Crippen molar-refractivity contribution in [3.63, 3.8) is 0 Å². The lowest BCUT2D eigenvalue weighted by Crippen LogP contribution is -2.48. The molecule has 1 fully saturated rings. The summed E-state index contributed by atoms with van der Waals surface area (Å²) in [4.78, 5) is 26.3. The number of rotatable bonds is 6. The first kappa shape index (κ1) is 21.8. The molecule has 0 spiro atoms. The van der Waals surface area contributed by atoms with Crippen molar-refractivity contribution >= 4 is 34.6 Å². The van der Waals surface area contributed by atoms with Gasteiger partial charge in [-0.05, 0) is 73.2 Å². The minimum absolute atomic E-state index is 0.0345. The summed E-state index contributed by atoms with van der Waals surface area (Å²) in [5, 5.41) is 44.8. The average molecular weight is 438 g/mol. The van der Waals surface area contributed by atoms with Crippen LogP contribution in [0.3, 0.4) is 0 Å². The molecule has 2 aromatic carbocycles. The molecule has 5 rings (SSSR count). The summed E-state index contributed by atoms with van der Waals surface area (Å²) < 4.78 is 0. The number of amides is 2. The Bertz CT molecular complexity index is 925. The van der Waals surface area contributed by atoms with Crippen LogP contribution in [0.15, 0.2) is 60.7 Å². The first-order valence-electron chi connectivity index (χ1n) is 10.2. The third-order valence-electron chi connectivity index (χ3n) is 6.07. The summed E-state index contributed by atoms with van der Waals surface area (Å²) >= 11 is 0. The lowest BCUT2D eigenvalue weighted by atomic mass is 9.61. The van der Waals surface area contributed by atoms with Gasteiger partial charge in [0.25, 0.3) is 0 Å². The Balaban J connectivity index is 1.50. The van der Waals surface area contributed by atoms with Crippen LogP contribution >= 0.6 is 0 Å². The van der Waals surface area contributed by atoms with Crippen LogP contribution in [0.25, 0.3) is 0 Å². The molecule has 2 amide bonds. The third kappa shape index (κ3) is 4.43. The normalized spacial score (nSPS) is 23.5. The summed E-state index contributed by atoms with van der Waals surface area (Å²) in [5.74, 6) is -1.87. The topological polar surface area (TPSA) is 151 Å². The fraction of sp³-hybridized carbons (Fsp3) is 0.273. The van der Waals surface area contributed by atoms with Crippen LogP contribution < -0.4 is 21.1 Å². The maximum Gasteiger partial charge on any atom is 0.228 e. The molecular weight excluding hydrogens is 416 g/mol. The summed E-state index contributed by atoms with van der Waals surface area (Å²) in [6.07, 6.45) is 5.60. The standard InChI is InChI=1S/C22H22N4O6/c27-21(23-15-5-9-17(10-6-15)25(29)30)19-13-1-2-14(4-3-13)20(19)22(28)24-16-7-11-18(12-8-16)26(31)32/h1-2,5-14,19-20,29,31H,3-4H2,(H,23,27)(H,24,28)/q-2/t13-,14-,19-,20-/m1/s1. The van der Waals surface area contributed by atoms with Crippen LogP contribution in [0.2, 0.25) is 0 Å². The molecule has 168 valence electrons. The molecule has 0 aliphatic heterocycles. The third-order valence-corrected chi connectivity index (χ3v) is 6.07. The highest BCUT2D eigenvalue weighted by Gasteiger charge is 2.48. The van der Waals surface area contributed by atoms with Crippen LogP contribution in [-0.2, 0) is 9.59 Å². The van der Waals surface area contributed by atoms with Crippen molar-refractivity contribution in [2.24, 2.45) is 23.7 Å². The SMILES string of the molecule is O=C(Nc1ccc(N([O-])O)cc1)[C@H]1[C@H](C(=O)Nc2ccc(N([O-])O)cc2)[C@@H]2C=C[C@@H]1CC2. The van der Waals surface area contributed by atoms with Gasteiger partial charge in [-0.15, -0.1) is 0 Å². The van der Waals surface area contributed by atoms with Crippen LogP contribution in [0, 0.1) is 34.1 Å². The number of allylic oxidation sites excluding steroid dienone is 2. The fourth-order valence-electron chi connectivity index (χ4n) is 4.50. The zero-order valence-electron chi connectivity index (χ0n) is 16.9. The van der Waals surface area contributed by atoms with Gasteiger partial charge < -0.3 is 31.5 Å². The highest BCUT2D eigenvalue weighted by molar-refractivity contribution is 6.00. The second-order valence-corrected chi connectivity index (χ2v) is 7.96. The van der Waals surface area contributed by atoms with Crippen molar-refractivity contribution in [1.29, 1.82) is 0 Å². The summed E-state index contributed by atoms with van der Waals surface area (Å²) in [5.41, 5.74) is 0.971. The molecule has 4 N–H and O–H groups in total. The van der Waals surface area contributed by atoms with Crippen LogP contribution in [0.5, 0.6) is 0 Å². The Morgan fingerprint density at radius 1 is 0.719 bits per heavy atom. The minimum atomic E-state index is -0.568. The van der Waals surface area contributed by atoms with Gasteiger partial charge in [0.05, 0.1) is 23.2 Å². The zero-order chi connectivity index (χ0) is 22.8. The van der Waals surface area contributed by atoms with E-state index in [1.54, 1.807) is 0 Å². The fourth-order valence-corrected chi connectivity index (χ4v) is 4.50. The largest absolute Gasteiger partial charge is 0.733 e. The molecule has 1 saturated carbocycles. The molecule has 0 radical (unpaired) electrons. The smallest absolute Gasteiger partial charge is 0.228 e. The first-order valence-corrected chi connectivity index (χ1v) is 10.2. The number of hydrogen-bond donors (Lipinski definition) is 4. The number of nitrogens with one attached hydrogen (secondary N) is 2. The van der Waals surface area contributed by atoms with Crippen LogP contribution in [-0.4, -0.2) is 22.2 Å². The van der Waals surface area contributed by atoms with E-state index in [9.17, 15) is 20.0 Å². The molecule has 0 saturated heterocycles. The van der Waals surface area contributed by atoms with E-state index in [4.69, 9.17) is 10.4 Å². The Hall–Kier alpha value is -3.44. The molecule has 3 aliphatic rings. The minimum Gasteiger partial charge on any atom is -0.733 e. The molecule has 32 heavy (non-hydrogen) atoms. The van der Waals surface area contributed by atoms with Gasteiger partial charge in [-0.1, -0.05) is 12.2 Å². The summed E-state index contributed by atoms with van der Waals surface area (Å²) in [6.45, 7) is 0. The summed E-state index contributed by atoms with van der Waals surface area (Å²) in [6, 6.07) is 11.5. The molecular formula is C22H22N4O6-2. The highest BCUT2D eigenvalue weighted by atomic mass is 16.8. The van der Waals surface area contributed by atoms with E-state index in [0.29, 0.717) is 11.4 Å². The molecule has 2 bridgehead atoms. The van der Waals surface area contributed by atoms with Gasteiger partial charge in [0.1, 0.15) is 0 Å². The quantitative estimate of drug-likeness (QED) is 0.395. The van der Waals surface area contributed by atoms with Crippen molar-refractivity contribution < 1.29 is 20.0 Å². The lowest BCUT2D eigenvalue weighted by molar-refractivity contribution is -0.134. The van der Waals surface area contributed by atoms with Gasteiger partial charge in [-0.3, -0.25) is 20.0 Å². The van der Waals surface area contributed by atoms with Crippen molar-refractivity contribution in [3.8, 4) is 0 Å².